The number of aryl methyl sites for hydroxylation is 2. The van der Waals surface area contributed by atoms with Gasteiger partial charge in [-0.15, -0.1) is 0 Å². The number of hydrogen-bond donors (Lipinski definition) is 0. The van der Waals surface area contributed by atoms with Crippen LogP contribution in [0.5, 0.6) is 0 Å². The smallest absolute Gasteiger partial charge is 0.0702 e. The second-order valence-electron chi connectivity index (χ2n) is 7.09. The number of aromatic nitrogens is 1. The number of benzene rings is 3. The molecule has 0 atom stereocenters. The minimum atomic E-state index is 0.204. The fourth-order valence-corrected chi connectivity index (χ4v) is 3.51. The lowest BCUT2D eigenvalue weighted by Crippen LogP contribution is -2.04. The predicted octanol–water partition coefficient (Wildman–Crippen LogP) is 6.55. The first-order valence-corrected chi connectivity index (χ1v) is 9.35. The Kier molecular flexibility index (Phi) is 4.84. The molecule has 0 unspecified atom stereocenters. The Bertz CT molecular complexity index is 970. The van der Waals surface area contributed by atoms with Crippen molar-refractivity contribution < 1.29 is 0 Å². The first-order chi connectivity index (χ1) is 13.2. The summed E-state index contributed by atoms with van der Waals surface area (Å²) in [7, 11) is 0. The Balaban J connectivity index is 1.83. The van der Waals surface area contributed by atoms with Crippen molar-refractivity contribution >= 4 is 0 Å². The summed E-state index contributed by atoms with van der Waals surface area (Å²) in [5, 5.41) is 0. The van der Waals surface area contributed by atoms with Gasteiger partial charge < -0.3 is 0 Å². The molecule has 0 aliphatic carbocycles. The van der Waals surface area contributed by atoms with Gasteiger partial charge in [-0.1, -0.05) is 83.9 Å². The zero-order valence-corrected chi connectivity index (χ0v) is 15.8. The lowest BCUT2D eigenvalue weighted by atomic mass is 9.84. The molecular weight excluding hydrogens is 326 g/mol. The largest absolute Gasteiger partial charge is 0.256 e. The van der Waals surface area contributed by atoms with Crippen LogP contribution < -0.4 is 0 Å². The molecule has 0 saturated heterocycles. The molecule has 1 aromatic heterocycles. The van der Waals surface area contributed by atoms with E-state index in [-0.39, 0.29) is 5.92 Å². The molecule has 4 rings (SSSR count). The van der Waals surface area contributed by atoms with Crippen molar-refractivity contribution in [1.29, 1.82) is 0 Å². The average molecular weight is 349 g/mol. The third kappa shape index (κ3) is 3.83. The van der Waals surface area contributed by atoms with Gasteiger partial charge in [0.1, 0.15) is 0 Å². The van der Waals surface area contributed by atoms with E-state index in [0.29, 0.717) is 0 Å². The highest BCUT2D eigenvalue weighted by atomic mass is 14.7. The third-order valence-corrected chi connectivity index (χ3v) is 5.00. The summed E-state index contributed by atoms with van der Waals surface area (Å²) in [5.41, 5.74) is 8.62. The topological polar surface area (TPSA) is 12.9 Å². The second kappa shape index (κ2) is 7.59. The molecule has 0 N–H and O–H groups in total. The maximum Gasteiger partial charge on any atom is 0.0702 e. The van der Waals surface area contributed by atoms with E-state index in [2.05, 4.69) is 97.7 Å². The Labute approximate surface area is 161 Å². The van der Waals surface area contributed by atoms with Crippen LogP contribution in [0.1, 0.15) is 33.7 Å². The standard InChI is InChI=1S/C26H23N/c1-19-9-13-21(14-10-19)26(22-15-11-20(2)12-16-22)24-7-5-6-23(18-24)25-8-3-4-17-27-25/h3-18,26H,1-2H3. The highest BCUT2D eigenvalue weighted by molar-refractivity contribution is 5.61. The van der Waals surface area contributed by atoms with Gasteiger partial charge in [-0.25, -0.2) is 0 Å². The van der Waals surface area contributed by atoms with Gasteiger partial charge in [-0.2, -0.15) is 0 Å². The maximum absolute atomic E-state index is 4.52. The van der Waals surface area contributed by atoms with E-state index < -0.39 is 0 Å². The van der Waals surface area contributed by atoms with Crippen molar-refractivity contribution in [3.05, 3.63) is 125 Å². The molecule has 0 fully saturated rings. The molecule has 27 heavy (non-hydrogen) atoms. The second-order valence-corrected chi connectivity index (χ2v) is 7.09. The number of rotatable bonds is 4. The molecule has 4 aromatic rings. The van der Waals surface area contributed by atoms with Crippen LogP contribution in [0.4, 0.5) is 0 Å². The van der Waals surface area contributed by atoms with Gasteiger partial charge in [-0.3, -0.25) is 4.98 Å². The Morgan fingerprint density at radius 1 is 0.593 bits per heavy atom. The molecule has 1 nitrogen and oxygen atoms in total. The molecule has 0 amide bonds. The molecule has 0 bridgehead atoms. The van der Waals surface area contributed by atoms with E-state index in [1.54, 1.807) is 0 Å². The average Bonchev–Trinajstić information content (AvgIpc) is 2.72. The first-order valence-electron chi connectivity index (χ1n) is 9.35. The van der Waals surface area contributed by atoms with Gasteiger partial charge in [0, 0.05) is 17.7 Å². The molecule has 132 valence electrons. The van der Waals surface area contributed by atoms with Crippen LogP contribution in [0.3, 0.4) is 0 Å². The Morgan fingerprint density at radius 3 is 1.78 bits per heavy atom. The highest BCUT2D eigenvalue weighted by Crippen LogP contribution is 2.34. The Morgan fingerprint density at radius 2 is 1.22 bits per heavy atom. The Hall–Kier alpha value is -3.19. The van der Waals surface area contributed by atoms with E-state index >= 15 is 0 Å². The van der Waals surface area contributed by atoms with E-state index in [1.807, 2.05) is 18.3 Å². The van der Waals surface area contributed by atoms with Crippen LogP contribution in [0.2, 0.25) is 0 Å². The van der Waals surface area contributed by atoms with Gasteiger partial charge in [0.2, 0.25) is 0 Å². The molecule has 0 spiro atoms. The molecule has 1 heterocycles. The normalized spacial score (nSPS) is 10.9. The summed E-state index contributed by atoms with van der Waals surface area (Å²) in [6, 6.07) is 32.6. The van der Waals surface area contributed by atoms with Crippen molar-refractivity contribution in [2.45, 2.75) is 19.8 Å². The number of hydrogen-bond acceptors (Lipinski definition) is 1. The molecular formula is C26H23N. The molecule has 0 aliphatic heterocycles. The zero-order valence-electron chi connectivity index (χ0n) is 15.8. The monoisotopic (exact) mass is 349 g/mol. The summed E-state index contributed by atoms with van der Waals surface area (Å²) in [6.07, 6.45) is 1.85. The summed E-state index contributed by atoms with van der Waals surface area (Å²) in [6.45, 7) is 4.26. The van der Waals surface area contributed by atoms with Gasteiger partial charge >= 0.3 is 0 Å². The van der Waals surface area contributed by atoms with Crippen molar-refractivity contribution in [2.24, 2.45) is 0 Å². The lowest BCUT2D eigenvalue weighted by molar-refractivity contribution is 0.974. The molecule has 0 aliphatic rings. The van der Waals surface area contributed by atoms with Crippen LogP contribution >= 0.6 is 0 Å². The van der Waals surface area contributed by atoms with Crippen LogP contribution in [0.25, 0.3) is 11.3 Å². The SMILES string of the molecule is Cc1ccc(C(c2ccc(C)cc2)c2cccc(-c3ccccn3)c2)cc1. The van der Waals surface area contributed by atoms with E-state index in [4.69, 9.17) is 0 Å². The summed E-state index contributed by atoms with van der Waals surface area (Å²) >= 11 is 0. The quantitative estimate of drug-likeness (QED) is 0.381. The number of pyridine rings is 1. The molecule has 1 heteroatoms. The molecule has 0 saturated carbocycles. The van der Waals surface area contributed by atoms with Gasteiger partial charge in [0.25, 0.3) is 0 Å². The lowest BCUT2D eigenvalue weighted by Gasteiger charge is -2.20. The summed E-state index contributed by atoms with van der Waals surface area (Å²) in [5.74, 6) is 0.204. The van der Waals surface area contributed by atoms with E-state index in [0.717, 1.165) is 11.3 Å². The van der Waals surface area contributed by atoms with Crippen LogP contribution in [0, 0.1) is 13.8 Å². The molecule has 0 radical (unpaired) electrons. The maximum atomic E-state index is 4.52. The minimum absolute atomic E-state index is 0.204. The fourth-order valence-electron chi connectivity index (χ4n) is 3.51. The fraction of sp³-hybridized carbons (Fsp3) is 0.115. The van der Waals surface area contributed by atoms with E-state index in [9.17, 15) is 0 Å². The van der Waals surface area contributed by atoms with Crippen molar-refractivity contribution in [3.63, 3.8) is 0 Å². The minimum Gasteiger partial charge on any atom is -0.256 e. The third-order valence-electron chi connectivity index (χ3n) is 5.00. The van der Waals surface area contributed by atoms with Gasteiger partial charge in [-0.05, 0) is 48.7 Å². The van der Waals surface area contributed by atoms with E-state index in [1.165, 1.54) is 27.8 Å². The predicted molar refractivity (Wildman–Crippen MR) is 113 cm³/mol. The van der Waals surface area contributed by atoms with Crippen molar-refractivity contribution in [1.82, 2.24) is 4.98 Å². The zero-order chi connectivity index (χ0) is 18.6. The van der Waals surface area contributed by atoms with Gasteiger partial charge in [0.05, 0.1) is 5.69 Å². The van der Waals surface area contributed by atoms with Crippen LogP contribution in [-0.2, 0) is 0 Å². The number of nitrogens with zero attached hydrogens (tertiary/aromatic N) is 1. The highest BCUT2D eigenvalue weighted by Gasteiger charge is 2.17. The van der Waals surface area contributed by atoms with Crippen LogP contribution in [-0.4, -0.2) is 4.98 Å². The van der Waals surface area contributed by atoms with Crippen molar-refractivity contribution in [3.8, 4) is 11.3 Å². The summed E-state index contributed by atoms with van der Waals surface area (Å²) in [4.78, 5) is 4.52. The van der Waals surface area contributed by atoms with Crippen LogP contribution in [0.15, 0.2) is 97.2 Å². The molecule has 3 aromatic carbocycles. The summed E-state index contributed by atoms with van der Waals surface area (Å²) < 4.78 is 0. The van der Waals surface area contributed by atoms with Gasteiger partial charge in [0.15, 0.2) is 0 Å². The van der Waals surface area contributed by atoms with Crippen molar-refractivity contribution in [2.75, 3.05) is 0 Å². The first kappa shape index (κ1) is 17.2.